The van der Waals surface area contributed by atoms with Crippen LogP contribution in [0.15, 0.2) is 18.2 Å². The monoisotopic (exact) mass is 315 g/mol. The number of nitro groups is 1. The minimum Gasteiger partial charge on any atom is -0.486 e. The van der Waals surface area contributed by atoms with Crippen molar-refractivity contribution in [1.82, 2.24) is 0 Å². The molecule has 0 saturated heterocycles. The van der Waals surface area contributed by atoms with E-state index in [0.717, 1.165) is 23.7 Å². The number of ether oxygens (including phenoxy) is 1. The van der Waals surface area contributed by atoms with Crippen LogP contribution in [-0.2, 0) is 0 Å². The van der Waals surface area contributed by atoms with Gasteiger partial charge in [-0.1, -0.05) is 41.4 Å². The third-order valence-corrected chi connectivity index (χ3v) is 3.68. The Kier molecular flexibility index (Phi) is 6.12. The van der Waals surface area contributed by atoms with Gasteiger partial charge in [0.05, 0.1) is 11.5 Å². The molecule has 4 nitrogen and oxygen atoms in total. The van der Waals surface area contributed by atoms with Crippen LogP contribution in [0.1, 0.15) is 25.3 Å². The number of hydrogen-bond donors (Lipinski definition) is 0. The fraction of sp³-hybridized carbons (Fsp3) is 0.538. The molecule has 1 rings (SSSR count). The molecule has 0 N–H and O–H groups in total. The summed E-state index contributed by atoms with van der Waals surface area (Å²) in [6.45, 7) is 4.45. The molecule has 1 atom stereocenters. The van der Waals surface area contributed by atoms with Crippen molar-refractivity contribution in [1.29, 1.82) is 0 Å². The Balaban J connectivity index is 2.80. The maximum absolute atomic E-state index is 10.9. The Morgan fingerprint density at radius 3 is 2.78 bits per heavy atom. The topological polar surface area (TPSA) is 52.4 Å². The summed E-state index contributed by atoms with van der Waals surface area (Å²) >= 11 is 3.44. The number of benzene rings is 1. The number of rotatable bonds is 7. The molecule has 1 aromatic carbocycles. The quantitative estimate of drug-likeness (QED) is 0.432. The molecule has 0 spiro atoms. The molecule has 0 aliphatic carbocycles. The van der Waals surface area contributed by atoms with Crippen LogP contribution < -0.4 is 4.74 Å². The Hall–Kier alpha value is -1.10. The van der Waals surface area contributed by atoms with Gasteiger partial charge in [0, 0.05) is 17.3 Å². The van der Waals surface area contributed by atoms with Crippen LogP contribution in [0.2, 0.25) is 0 Å². The van der Waals surface area contributed by atoms with Crippen molar-refractivity contribution in [3.63, 3.8) is 0 Å². The second kappa shape index (κ2) is 7.36. The molecule has 1 aromatic rings. The Morgan fingerprint density at radius 2 is 2.22 bits per heavy atom. The number of hydrogen-bond acceptors (Lipinski definition) is 3. The smallest absolute Gasteiger partial charge is 0.311 e. The van der Waals surface area contributed by atoms with Gasteiger partial charge in [-0.3, -0.25) is 10.1 Å². The minimum absolute atomic E-state index is 0.0415. The molecule has 0 fully saturated rings. The minimum atomic E-state index is -0.398. The summed E-state index contributed by atoms with van der Waals surface area (Å²) in [5, 5.41) is 11.8. The molecule has 0 saturated carbocycles. The van der Waals surface area contributed by atoms with E-state index in [0.29, 0.717) is 18.3 Å². The lowest BCUT2D eigenvalue weighted by molar-refractivity contribution is -0.386. The van der Waals surface area contributed by atoms with Gasteiger partial charge in [0.15, 0.2) is 5.75 Å². The predicted octanol–water partition coefficient (Wildman–Crippen LogP) is 4.09. The van der Waals surface area contributed by atoms with Crippen molar-refractivity contribution in [3.05, 3.63) is 33.9 Å². The van der Waals surface area contributed by atoms with Gasteiger partial charge in [-0.05, 0) is 18.9 Å². The summed E-state index contributed by atoms with van der Waals surface area (Å²) in [5.74, 6) is 0.777. The molecule has 5 heteroatoms. The highest BCUT2D eigenvalue weighted by Gasteiger charge is 2.18. The van der Waals surface area contributed by atoms with E-state index in [1.807, 2.05) is 13.0 Å². The normalized spacial score (nSPS) is 12.2. The van der Waals surface area contributed by atoms with Crippen molar-refractivity contribution in [2.24, 2.45) is 5.92 Å². The molecule has 0 amide bonds. The summed E-state index contributed by atoms with van der Waals surface area (Å²) < 4.78 is 5.66. The maximum atomic E-state index is 10.9. The number of aryl methyl sites for hydroxylation is 1. The lowest BCUT2D eigenvalue weighted by atomic mass is 10.1. The first-order chi connectivity index (χ1) is 8.60. The number of alkyl halides is 1. The highest BCUT2D eigenvalue weighted by Crippen LogP contribution is 2.30. The molecule has 0 bridgehead atoms. The maximum Gasteiger partial charge on any atom is 0.311 e. The molecular weight excluding hydrogens is 298 g/mol. The Bertz CT molecular complexity index is 409. The van der Waals surface area contributed by atoms with Crippen molar-refractivity contribution >= 4 is 21.6 Å². The molecule has 0 radical (unpaired) electrons. The van der Waals surface area contributed by atoms with Crippen LogP contribution in [0.5, 0.6) is 5.75 Å². The summed E-state index contributed by atoms with van der Waals surface area (Å²) in [6.07, 6.45) is 2.13. The van der Waals surface area contributed by atoms with Gasteiger partial charge >= 0.3 is 5.69 Å². The summed E-state index contributed by atoms with van der Waals surface area (Å²) in [6, 6.07) is 4.98. The van der Waals surface area contributed by atoms with E-state index in [1.54, 1.807) is 6.07 Å². The van der Waals surface area contributed by atoms with E-state index >= 15 is 0 Å². The summed E-state index contributed by atoms with van der Waals surface area (Å²) in [5.41, 5.74) is 0.842. The largest absolute Gasteiger partial charge is 0.486 e. The lowest BCUT2D eigenvalue weighted by Gasteiger charge is -2.15. The van der Waals surface area contributed by atoms with Gasteiger partial charge in [-0.2, -0.15) is 0 Å². The fourth-order valence-electron chi connectivity index (χ4n) is 1.78. The fourth-order valence-corrected chi connectivity index (χ4v) is 2.29. The van der Waals surface area contributed by atoms with Crippen molar-refractivity contribution in [2.75, 3.05) is 11.9 Å². The predicted molar refractivity (Wildman–Crippen MR) is 75.5 cm³/mol. The SMILES string of the molecule is CCCC(CBr)COc1c(C)cccc1[N+](=O)[O-]. The van der Waals surface area contributed by atoms with E-state index in [4.69, 9.17) is 4.74 Å². The van der Waals surface area contributed by atoms with Crippen molar-refractivity contribution in [3.8, 4) is 5.75 Å². The van der Waals surface area contributed by atoms with Crippen LogP contribution in [-0.4, -0.2) is 16.9 Å². The molecule has 0 aliphatic rings. The average molecular weight is 316 g/mol. The molecule has 0 aromatic heterocycles. The first-order valence-electron chi connectivity index (χ1n) is 6.02. The van der Waals surface area contributed by atoms with Crippen molar-refractivity contribution in [2.45, 2.75) is 26.7 Å². The van der Waals surface area contributed by atoms with E-state index in [1.165, 1.54) is 6.07 Å². The van der Waals surface area contributed by atoms with E-state index in [9.17, 15) is 10.1 Å². The zero-order chi connectivity index (χ0) is 13.5. The van der Waals surface area contributed by atoms with Gasteiger partial charge in [0.25, 0.3) is 0 Å². The van der Waals surface area contributed by atoms with E-state index < -0.39 is 4.92 Å². The van der Waals surface area contributed by atoms with Crippen LogP contribution in [0.4, 0.5) is 5.69 Å². The van der Waals surface area contributed by atoms with Gasteiger partial charge in [-0.15, -0.1) is 0 Å². The van der Waals surface area contributed by atoms with Crippen LogP contribution in [0.3, 0.4) is 0 Å². The number of nitrogens with zero attached hydrogens (tertiary/aromatic N) is 1. The summed E-state index contributed by atoms with van der Waals surface area (Å²) in [4.78, 5) is 10.5. The molecular formula is C13H18BrNO3. The third kappa shape index (κ3) is 3.98. The highest BCUT2D eigenvalue weighted by molar-refractivity contribution is 9.09. The molecule has 0 heterocycles. The average Bonchev–Trinajstić information content (AvgIpc) is 2.35. The van der Waals surface area contributed by atoms with Crippen LogP contribution in [0, 0.1) is 23.0 Å². The first-order valence-corrected chi connectivity index (χ1v) is 7.15. The van der Waals surface area contributed by atoms with Gasteiger partial charge in [0.1, 0.15) is 0 Å². The molecule has 1 unspecified atom stereocenters. The molecule has 18 heavy (non-hydrogen) atoms. The molecule has 0 aliphatic heterocycles. The van der Waals surface area contributed by atoms with Gasteiger partial charge in [-0.25, -0.2) is 0 Å². The van der Waals surface area contributed by atoms with Crippen LogP contribution >= 0.6 is 15.9 Å². The van der Waals surface area contributed by atoms with E-state index in [-0.39, 0.29) is 5.69 Å². The van der Waals surface area contributed by atoms with E-state index in [2.05, 4.69) is 22.9 Å². The number of nitro benzene ring substituents is 1. The Labute approximate surface area is 116 Å². The zero-order valence-corrected chi connectivity index (χ0v) is 12.3. The number of halogens is 1. The highest BCUT2D eigenvalue weighted by atomic mass is 79.9. The standard InChI is InChI=1S/C13H18BrNO3/c1-3-5-11(8-14)9-18-13-10(2)6-4-7-12(13)15(16)17/h4,6-7,11H,3,5,8-9H2,1-2H3. The number of para-hydroxylation sites is 1. The second-order valence-corrected chi connectivity index (χ2v) is 4.95. The summed E-state index contributed by atoms with van der Waals surface area (Å²) in [7, 11) is 0. The van der Waals surface area contributed by atoms with Gasteiger partial charge < -0.3 is 4.74 Å². The second-order valence-electron chi connectivity index (χ2n) is 4.30. The molecule has 100 valence electrons. The third-order valence-electron chi connectivity index (χ3n) is 2.77. The zero-order valence-electron chi connectivity index (χ0n) is 10.7. The first kappa shape index (κ1) is 15.0. The van der Waals surface area contributed by atoms with Gasteiger partial charge in [0.2, 0.25) is 0 Å². The van der Waals surface area contributed by atoms with Crippen molar-refractivity contribution < 1.29 is 9.66 Å². The Morgan fingerprint density at radius 1 is 1.50 bits per heavy atom. The lowest BCUT2D eigenvalue weighted by Crippen LogP contribution is -2.14. The van der Waals surface area contributed by atoms with Crippen LogP contribution in [0.25, 0.3) is 0 Å².